The third-order valence-electron chi connectivity index (χ3n) is 2.27. The summed E-state index contributed by atoms with van der Waals surface area (Å²) in [6, 6.07) is 3.72. The monoisotopic (exact) mass is 213 g/mol. The standard InChI is InChI=1S/C11H16FNO2/c1-7(6-14)13-8(2)10-4-3-9(12)5-11(10)15/h3-5,7-8,13-15H,6H2,1-2H3/t7-,8-/m1/s1. The molecule has 4 heteroatoms. The summed E-state index contributed by atoms with van der Waals surface area (Å²) in [5, 5.41) is 21.4. The van der Waals surface area contributed by atoms with Crippen molar-refractivity contribution in [2.75, 3.05) is 6.61 Å². The van der Waals surface area contributed by atoms with Gasteiger partial charge in [-0.25, -0.2) is 4.39 Å². The van der Waals surface area contributed by atoms with Crippen molar-refractivity contribution in [3.05, 3.63) is 29.6 Å². The van der Waals surface area contributed by atoms with Crippen LogP contribution in [0.2, 0.25) is 0 Å². The molecule has 0 bridgehead atoms. The Morgan fingerprint density at radius 2 is 2.07 bits per heavy atom. The number of rotatable bonds is 4. The number of phenols is 1. The Bertz CT molecular complexity index is 330. The van der Waals surface area contributed by atoms with Crippen molar-refractivity contribution < 1.29 is 14.6 Å². The van der Waals surface area contributed by atoms with Crippen molar-refractivity contribution in [1.82, 2.24) is 5.32 Å². The second-order valence-electron chi connectivity index (χ2n) is 3.68. The van der Waals surface area contributed by atoms with E-state index in [4.69, 9.17) is 5.11 Å². The lowest BCUT2D eigenvalue weighted by molar-refractivity contribution is 0.242. The molecule has 1 aromatic carbocycles. The maximum Gasteiger partial charge on any atom is 0.126 e. The van der Waals surface area contributed by atoms with E-state index in [2.05, 4.69) is 5.32 Å². The number of aliphatic hydroxyl groups excluding tert-OH is 1. The number of nitrogens with one attached hydrogen (secondary N) is 1. The van der Waals surface area contributed by atoms with Gasteiger partial charge in [-0.05, 0) is 19.9 Å². The molecule has 1 aromatic rings. The van der Waals surface area contributed by atoms with E-state index in [0.717, 1.165) is 6.07 Å². The predicted molar refractivity (Wildman–Crippen MR) is 56.2 cm³/mol. The lowest BCUT2D eigenvalue weighted by Gasteiger charge is -2.19. The molecule has 0 heterocycles. The molecule has 0 aliphatic heterocycles. The molecule has 1 rings (SSSR count). The highest BCUT2D eigenvalue weighted by molar-refractivity contribution is 5.34. The summed E-state index contributed by atoms with van der Waals surface area (Å²) in [6.45, 7) is 3.70. The van der Waals surface area contributed by atoms with Crippen LogP contribution in [-0.2, 0) is 0 Å². The van der Waals surface area contributed by atoms with Crippen LogP contribution in [0.1, 0.15) is 25.5 Å². The number of hydrogen-bond acceptors (Lipinski definition) is 3. The first-order valence-electron chi connectivity index (χ1n) is 4.90. The molecule has 2 atom stereocenters. The molecule has 0 aliphatic carbocycles. The first-order chi connectivity index (χ1) is 7.04. The Kier molecular flexibility index (Phi) is 4.05. The van der Waals surface area contributed by atoms with Crippen molar-refractivity contribution in [1.29, 1.82) is 0 Å². The van der Waals surface area contributed by atoms with Gasteiger partial charge in [-0.3, -0.25) is 0 Å². The molecule has 0 spiro atoms. The summed E-state index contributed by atoms with van der Waals surface area (Å²) in [4.78, 5) is 0. The molecule has 0 amide bonds. The van der Waals surface area contributed by atoms with Crippen molar-refractivity contribution in [2.24, 2.45) is 0 Å². The average Bonchev–Trinajstić information content (AvgIpc) is 2.17. The molecule has 3 N–H and O–H groups in total. The molecule has 0 radical (unpaired) electrons. The summed E-state index contributed by atoms with van der Waals surface area (Å²) in [5.74, 6) is -0.529. The fourth-order valence-electron chi connectivity index (χ4n) is 1.45. The van der Waals surface area contributed by atoms with Crippen molar-refractivity contribution in [2.45, 2.75) is 25.9 Å². The summed E-state index contributed by atoms with van der Waals surface area (Å²) in [7, 11) is 0. The van der Waals surface area contributed by atoms with Crippen LogP contribution in [0.25, 0.3) is 0 Å². The summed E-state index contributed by atoms with van der Waals surface area (Å²) in [5.41, 5.74) is 0.622. The molecule has 0 unspecified atom stereocenters. The number of aromatic hydroxyl groups is 1. The maximum absolute atomic E-state index is 12.7. The summed E-state index contributed by atoms with van der Waals surface area (Å²) in [6.07, 6.45) is 0. The zero-order valence-electron chi connectivity index (χ0n) is 8.87. The van der Waals surface area contributed by atoms with Crippen molar-refractivity contribution in [3.8, 4) is 5.75 Å². The second kappa shape index (κ2) is 5.09. The van der Waals surface area contributed by atoms with Crippen LogP contribution >= 0.6 is 0 Å². The van der Waals surface area contributed by atoms with Gasteiger partial charge in [0, 0.05) is 23.7 Å². The molecule has 3 nitrogen and oxygen atoms in total. The quantitative estimate of drug-likeness (QED) is 0.711. The average molecular weight is 213 g/mol. The SMILES string of the molecule is C[C@H](CO)N[C@H](C)c1ccc(F)cc1O. The first-order valence-corrected chi connectivity index (χ1v) is 4.90. The molecule has 0 saturated heterocycles. The highest BCUT2D eigenvalue weighted by Crippen LogP contribution is 2.24. The van der Waals surface area contributed by atoms with Crippen LogP contribution in [0.4, 0.5) is 4.39 Å². The van der Waals surface area contributed by atoms with Crippen LogP contribution < -0.4 is 5.32 Å². The number of aliphatic hydroxyl groups is 1. The molecule has 15 heavy (non-hydrogen) atoms. The second-order valence-corrected chi connectivity index (χ2v) is 3.68. The van der Waals surface area contributed by atoms with Gasteiger partial charge in [0.2, 0.25) is 0 Å². The number of phenolic OH excluding ortho intramolecular Hbond substituents is 1. The van der Waals surface area contributed by atoms with E-state index < -0.39 is 5.82 Å². The molecular formula is C11H16FNO2. The Morgan fingerprint density at radius 3 is 2.60 bits per heavy atom. The van der Waals surface area contributed by atoms with Gasteiger partial charge in [-0.1, -0.05) is 6.07 Å². The van der Waals surface area contributed by atoms with E-state index in [9.17, 15) is 9.50 Å². The lowest BCUT2D eigenvalue weighted by Crippen LogP contribution is -2.31. The van der Waals surface area contributed by atoms with Crippen molar-refractivity contribution in [3.63, 3.8) is 0 Å². The van der Waals surface area contributed by atoms with Crippen LogP contribution in [-0.4, -0.2) is 22.9 Å². The number of hydrogen-bond donors (Lipinski definition) is 3. The highest BCUT2D eigenvalue weighted by Gasteiger charge is 2.12. The minimum Gasteiger partial charge on any atom is -0.508 e. The number of benzene rings is 1. The molecular weight excluding hydrogens is 197 g/mol. The van der Waals surface area contributed by atoms with E-state index in [0.29, 0.717) is 5.56 Å². The number of halogens is 1. The van der Waals surface area contributed by atoms with Gasteiger partial charge in [0.15, 0.2) is 0 Å². The maximum atomic E-state index is 12.7. The van der Waals surface area contributed by atoms with Gasteiger partial charge in [0.1, 0.15) is 11.6 Å². The van der Waals surface area contributed by atoms with Gasteiger partial charge in [-0.2, -0.15) is 0 Å². The Labute approximate surface area is 88.6 Å². The molecule has 84 valence electrons. The summed E-state index contributed by atoms with van der Waals surface area (Å²) >= 11 is 0. The van der Waals surface area contributed by atoms with Crippen LogP contribution in [0, 0.1) is 5.82 Å². The van der Waals surface area contributed by atoms with Gasteiger partial charge in [-0.15, -0.1) is 0 Å². The highest BCUT2D eigenvalue weighted by atomic mass is 19.1. The Morgan fingerprint density at radius 1 is 1.40 bits per heavy atom. The topological polar surface area (TPSA) is 52.5 Å². The van der Waals surface area contributed by atoms with Gasteiger partial charge in [0.05, 0.1) is 6.61 Å². The Hall–Kier alpha value is -1.13. The molecule has 0 saturated carbocycles. The van der Waals surface area contributed by atoms with Crippen LogP contribution in [0.3, 0.4) is 0 Å². The van der Waals surface area contributed by atoms with E-state index in [1.165, 1.54) is 12.1 Å². The first kappa shape index (κ1) is 11.9. The van der Waals surface area contributed by atoms with Gasteiger partial charge < -0.3 is 15.5 Å². The molecule has 0 fully saturated rings. The third-order valence-corrected chi connectivity index (χ3v) is 2.27. The molecule has 0 aliphatic rings. The van der Waals surface area contributed by atoms with E-state index in [1.807, 2.05) is 13.8 Å². The van der Waals surface area contributed by atoms with Crippen molar-refractivity contribution >= 4 is 0 Å². The van der Waals surface area contributed by atoms with Gasteiger partial charge in [0.25, 0.3) is 0 Å². The third kappa shape index (κ3) is 3.18. The van der Waals surface area contributed by atoms with E-state index in [-0.39, 0.29) is 24.4 Å². The fraction of sp³-hybridized carbons (Fsp3) is 0.455. The largest absolute Gasteiger partial charge is 0.508 e. The van der Waals surface area contributed by atoms with E-state index in [1.54, 1.807) is 0 Å². The normalized spacial score (nSPS) is 14.9. The summed E-state index contributed by atoms with van der Waals surface area (Å²) < 4.78 is 12.7. The zero-order chi connectivity index (χ0) is 11.4. The Balaban J connectivity index is 2.77. The van der Waals surface area contributed by atoms with Crippen LogP contribution in [0.5, 0.6) is 5.75 Å². The molecule has 0 aromatic heterocycles. The smallest absolute Gasteiger partial charge is 0.126 e. The predicted octanol–water partition coefficient (Wildman–Crippen LogP) is 1.56. The van der Waals surface area contributed by atoms with Crippen LogP contribution in [0.15, 0.2) is 18.2 Å². The minimum absolute atomic E-state index is 0.0201. The lowest BCUT2D eigenvalue weighted by atomic mass is 10.1. The minimum atomic E-state index is -0.460. The van der Waals surface area contributed by atoms with E-state index >= 15 is 0 Å². The zero-order valence-corrected chi connectivity index (χ0v) is 8.87. The fourth-order valence-corrected chi connectivity index (χ4v) is 1.45. The van der Waals surface area contributed by atoms with Gasteiger partial charge >= 0.3 is 0 Å².